The molecule has 1 saturated heterocycles. The number of nitrogens with zero attached hydrogens (tertiary/aromatic N) is 3. The molecule has 2 aliphatic rings. The largest absolute Gasteiger partial charge is 0.332 e. The van der Waals surface area contributed by atoms with Crippen LogP contribution in [0, 0.1) is 6.92 Å². The zero-order chi connectivity index (χ0) is 22.2. The lowest BCUT2D eigenvalue weighted by atomic mass is 9.99. The molecular formula is C22H28N4O4S. The minimum absolute atomic E-state index is 0.0268. The van der Waals surface area contributed by atoms with E-state index >= 15 is 0 Å². The minimum atomic E-state index is -3.37. The Hall–Kier alpha value is -2.52. The first-order valence-electron chi connectivity index (χ1n) is 10.6. The molecule has 1 N–H and O–H groups in total. The van der Waals surface area contributed by atoms with Gasteiger partial charge in [-0.1, -0.05) is 29.8 Å². The van der Waals surface area contributed by atoms with Gasteiger partial charge in [0.05, 0.1) is 30.0 Å². The van der Waals surface area contributed by atoms with Gasteiger partial charge in [-0.05, 0) is 31.7 Å². The summed E-state index contributed by atoms with van der Waals surface area (Å²) in [6, 6.07) is 7.66. The van der Waals surface area contributed by atoms with Crippen molar-refractivity contribution in [1.82, 2.24) is 19.2 Å². The van der Waals surface area contributed by atoms with E-state index in [-0.39, 0.29) is 24.1 Å². The molecule has 1 aromatic heterocycles. The van der Waals surface area contributed by atoms with Crippen molar-refractivity contribution in [2.75, 3.05) is 19.3 Å². The molecule has 0 saturated carbocycles. The van der Waals surface area contributed by atoms with Crippen LogP contribution in [-0.4, -0.2) is 52.8 Å². The molecule has 0 aliphatic carbocycles. The van der Waals surface area contributed by atoms with Crippen LogP contribution in [0.4, 0.5) is 0 Å². The van der Waals surface area contributed by atoms with E-state index in [1.807, 2.05) is 36.1 Å². The van der Waals surface area contributed by atoms with Crippen LogP contribution >= 0.6 is 0 Å². The number of aromatic nitrogens is 2. The van der Waals surface area contributed by atoms with Crippen molar-refractivity contribution in [3.05, 3.63) is 62.8 Å². The van der Waals surface area contributed by atoms with Gasteiger partial charge < -0.3 is 9.88 Å². The maximum absolute atomic E-state index is 13.1. The fourth-order valence-corrected chi connectivity index (χ4v) is 5.26. The molecule has 3 heterocycles. The summed E-state index contributed by atoms with van der Waals surface area (Å²) in [5.74, 6) is 0.535. The van der Waals surface area contributed by atoms with Crippen molar-refractivity contribution in [2.24, 2.45) is 0 Å². The Bertz CT molecular complexity index is 1160. The number of hydrogen-bond acceptors (Lipinski definition) is 5. The number of rotatable bonds is 4. The molecule has 2 aromatic rings. The summed E-state index contributed by atoms with van der Waals surface area (Å²) in [4.78, 5) is 35.3. The Morgan fingerprint density at radius 3 is 2.81 bits per heavy atom. The second-order valence-electron chi connectivity index (χ2n) is 8.49. The fraction of sp³-hybridized carbons (Fsp3) is 0.500. The van der Waals surface area contributed by atoms with Crippen LogP contribution in [0.1, 0.15) is 53.5 Å². The highest BCUT2D eigenvalue weighted by atomic mass is 32.2. The summed E-state index contributed by atoms with van der Waals surface area (Å²) in [6.07, 6.45) is 4.49. The standard InChI is InChI=1S/C22H28N4O4S/c1-15-6-5-7-16(12-15)13-20(27)26-10-4-3-8-19(26)21-23-18-9-11-25(31(2,29)30)14-17(18)22(28)24-21/h5-7,12,19H,3-4,8-11,13-14H2,1-2H3,(H,23,24,28)/t19-/m0/s1. The van der Waals surface area contributed by atoms with Crippen molar-refractivity contribution < 1.29 is 13.2 Å². The third-order valence-electron chi connectivity index (χ3n) is 6.10. The van der Waals surface area contributed by atoms with Gasteiger partial charge in [-0.15, -0.1) is 0 Å². The van der Waals surface area contributed by atoms with E-state index in [1.54, 1.807) is 0 Å². The summed E-state index contributed by atoms with van der Waals surface area (Å²) >= 11 is 0. The molecule has 9 heteroatoms. The topological polar surface area (TPSA) is 103 Å². The lowest BCUT2D eigenvalue weighted by Gasteiger charge is -2.36. The number of piperidine rings is 1. The Morgan fingerprint density at radius 2 is 2.06 bits per heavy atom. The molecule has 2 aliphatic heterocycles. The van der Waals surface area contributed by atoms with E-state index < -0.39 is 10.0 Å². The lowest BCUT2D eigenvalue weighted by Crippen LogP contribution is -2.42. The van der Waals surface area contributed by atoms with E-state index in [1.165, 1.54) is 4.31 Å². The second-order valence-corrected chi connectivity index (χ2v) is 10.5. The van der Waals surface area contributed by atoms with Crippen LogP contribution < -0.4 is 5.56 Å². The van der Waals surface area contributed by atoms with E-state index in [4.69, 9.17) is 4.98 Å². The van der Waals surface area contributed by atoms with Gasteiger partial charge >= 0.3 is 0 Å². The van der Waals surface area contributed by atoms with Gasteiger partial charge in [0, 0.05) is 26.1 Å². The number of nitrogens with one attached hydrogen (secondary N) is 1. The Morgan fingerprint density at radius 1 is 1.26 bits per heavy atom. The molecule has 1 aromatic carbocycles. The number of sulfonamides is 1. The number of amides is 1. The molecule has 0 radical (unpaired) electrons. The zero-order valence-corrected chi connectivity index (χ0v) is 18.7. The van der Waals surface area contributed by atoms with E-state index in [0.717, 1.165) is 36.6 Å². The van der Waals surface area contributed by atoms with Crippen LogP contribution in [0.5, 0.6) is 0 Å². The van der Waals surface area contributed by atoms with Crippen LogP contribution in [-0.2, 0) is 34.2 Å². The van der Waals surface area contributed by atoms with Gasteiger partial charge in [0.2, 0.25) is 15.9 Å². The number of aromatic amines is 1. The third-order valence-corrected chi connectivity index (χ3v) is 7.35. The molecule has 0 unspecified atom stereocenters. The minimum Gasteiger partial charge on any atom is -0.332 e. The normalized spacial score (nSPS) is 19.8. The van der Waals surface area contributed by atoms with Crippen LogP contribution in [0.2, 0.25) is 0 Å². The van der Waals surface area contributed by atoms with Crippen LogP contribution in [0.15, 0.2) is 29.1 Å². The molecule has 0 bridgehead atoms. The fourth-order valence-electron chi connectivity index (χ4n) is 4.47. The highest BCUT2D eigenvalue weighted by molar-refractivity contribution is 7.88. The molecule has 8 nitrogen and oxygen atoms in total. The number of carbonyl (C=O) groups excluding carboxylic acids is 1. The Balaban J connectivity index is 1.59. The van der Waals surface area contributed by atoms with Crippen molar-refractivity contribution in [3.8, 4) is 0 Å². The second kappa shape index (κ2) is 8.55. The molecule has 31 heavy (non-hydrogen) atoms. The average molecular weight is 445 g/mol. The number of benzene rings is 1. The summed E-state index contributed by atoms with van der Waals surface area (Å²) in [7, 11) is -3.37. The summed E-state index contributed by atoms with van der Waals surface area (Å²) < 4.78 is 25.0. The first kappa shape index (κ1) is 21.7. The zero-order valence-electron chi connectivity index (χ0n) is 17.9. The van der Waals surface area contributed by atoms with Crippen molar-refractivity contribution in [2.45, 2.75) is 51.6 Å². The summed E-state index contributed by atoms with van der Waals surface area (Å²) in [6.45, 7) is 2.99. The predicted octanol–water partition coefficient (Wildman–Crippen LogP) is 1.69. The quantitative estimate of drug-likeness (QED) is 0.773. The lowest BCUT2D eigenvalue weighted by molar-refractivity contribution is -0.134. The van der Waals surface area contributed by atoms with E-state index in [9.17, 15) is 18.0 Å². The van der Waals surface area contributed by atoms with E-state index in [2.05, 4.69) is 4.98 Å². The van der Waals surface area contributed by atoms with Crippen LogP contribution in [0.25, 0.3) is 0 Å². The first-order valence-corrected chi connectivity index (χ1v) is 12.5. The van der Waals surface area contributed by atoms with Gasteiger partial charge in [-0.25, -0.2) is 13.4 Å². The van der Waals surface area contributed by atoms with Gasteiger partial charge in [0.1, 0.15) is 5.82 Å². The number of likely N-dealkylation sites (tertiary alicyclic amines) is 1. The number of H-pyrrole nitrogens is 1. The Kier molecular flexibility index (Phi) is 5.98. The summed E-state index contributed by atoms with van der Waals surface area (Å²) in [5.41, 5.74) is 2.81. The molecular weight excluding hydrogens is 416 g/mol. The highest BCUT2D eigenvalue weighted by Crippen LogP contribution is 2.30. The average Bonchev–Trinajstić information content (AvgIpc) is 2.73. The number of carbonyl (C=O) groups is 1. The molecule has 166 valence electrons. The maximum Gasteiger partial charge on any atom is 0.255 e. The molecule has 0 spiro atoms. The SMILES string of the molecule is Cc1cccc(CC(=O)N2CCCC[C@H]2c2nc3c(c(=O)[nH]2)CN(S(C)(=O)=O)CC3)c1. The monoisotopic (exact) mass is 444 g/mol. The Labute approximate surface area is 182 Å². The van der Waals surface area contributed by atoms with E-state index in [0.29, 0.717) is 43.0 Å². The highest BCUT2D eigenvalue weighted by Gasteiger charge is 2.32. The van der Waals surface area contributed by atoms with Gasteiger partial charge in [-0.2, -0.15) is 4.31 Å². The number of hydrogen-bond donors (Lipinski definition) is 1. The number of aryl methyl sites for hydroxylation is 1. The van der Waals surface area contributed by atoms with Crippen molar-refractivity contribution in [1.29, 1.82) is 0 Å². The molecule has 1 fully saturated rings. The molecule has 4 rings (SSSR count). The smallest absolute Gasteiger partial charge is 0.255 e. The maximum atomic E-state index is 13.1. The van der Waals surface area contributed by atoms with Crippen molar-refractivity contribution in [3.63, 3.8) is 0 Å². The molecule has 1 atom stereocenters. The predicted molar refractivity (Wildman–Crippen MR) is 117 cm³/mol. The molecule has 1 amide bonds. The number of fused-ring (bicyclic) bond motifs is 1. The third kappa shape index (κ3) is 4.72. The van der Waals surface area contributed by atoms with Gasteiger partial charge in [-0.3, -0.25) is 9.59 Å². The van der Waals surface area contributed by atoms with Crippen LogP contribution in [0.3, 0.4) is 0 Å². The van der Waals surface area contributed by atoms with Gasteiger partial charge in [0.15, 0.2) is 0 Å². The van der Waals surface area contributed by atoms with Gasteiger partial charge in [0.25, 0.3) is 5.56 Å². The first-order chi connectivity index (χ1) is 14.7. The van der Waals surface area contributed by atoms with Crippen molar-refractivity contribution >= 4 is 15.9 Å². The summed E-state index contributed by atoms with van der Waals surface area (Å²) in [5, 5.41) is 0.